The molecule has 264 valence electrons. The summed E-state index contributed by atoms with van der Waals surface area (Å²) in [4.78, 5) is 40.3. The molecular formula is C32H46F6O8. The summed E-state index contributed by atoms with van der Waals surface area (Å²) in [5, 5.41) is 19.2. The largest absolute Gasteiger partial charge is 0.496 e. The molecule has 1 saturated heterocycles. The summed E-state index contributed by atoms with van der Waals surface area (Å²) in [6, 6.07) is 0. The molecule has 3 aliphatic rings. The molecule has 2 N–H and O–H groups in total. The predicted molar refractivity (Wildman–Crippen MR) is 151 cm³/mol. The second-order valence-electron chi connectivity index (χ2n) is 15.3. The molecule has 2 saturated carbocycles. The summed E-state index contributed by atoms with van der Waals surface area (Å²) in [5.41, 5.74) is -8.27. The lowest BCUT2D eigenvalue weighted by molar-refractivity contribution is -0.373. The van der Waals surface area contributed by atoms with Crippen LogP contribution in [-0.2, 0) is 28.6 Å². The number of hydrogen-bond donors (Lipinski definition) is 2. The minimum Gasteiger partial charge on any atom is -0.496 e. The molecule has 0 radical (unpaired) electrons. The number of allylic oxidation sites excluding steroid dienone is 1. The smallest absolute Gasteiger partial charge is 0.426 e. The third kappa shape index (κ3) is 7.37. The molecule has 2 bridgehead atoms. The molecule has 3 fully saturated rings. The van der Waals surface area contributed by atoms with Crippen molar-refractivity contribution in [3.05, 3.63) is 12.3 Å². The van der Waals surface area contributed by atoms with E-state index in [1.54, 1.807) is 48.5 Å². The lowest BCUT2D eigenvalue weighted by Crippen LogP contribution is -2.58. The Hall–Kier alpha value is -2.35. The number of alkyl halides is 6. The van der Waals surface area contributed by atoms with Gasteiger partial charge in [0.05, 0.1) is 29.6 Å². The highest BCUT2D eigenvalue weighted by molar-refractivity contribution is 5.97. The van der Waals surface area contributed by atoms with Crippen LogP contribution >= 0.6 is 0 Å². The highest BCUT2D eigenvalue weighted by Gasteiger charge is 2.72. The molecule has 1 aliphatic heterocycles. The monoisotopic (exact) mass is 672 g/mol. The summed E-state index contributed by atoms with van der Waals surface area (Å²) in [6.45, 7) is 15.3. The summed E-state index contributed by atoms with van der Waals surface area (Å²) < 4.78 is 98.0. The summed E-state index contributed by atoms with van der Waals surface area (Å²) in [6.07, 6.45) is -13.6. The van der Waals surface area contributed by atoms with Gasteiger partial charge in [0.25, 0.3) is 5.60 Å². The molecule has 14 heteroatoms. The first kappa shape index (κ1) is 38.1. The highest BCUT2D eigenvalue weighted by atomic mass is 19.4. The Morgan fingerprint density at radius 2 is 1.52 bits per heavy atom. The van der Waals surface area contributed by atoms with E-state index in [-0.39, 0.29) is 56.5 Å². The van der Waals surface area contributed by atoms with Crippen molar-refractivity contribution in [2.45, 2.75) is 104 Å². The quantitative estimate of drug-likeness (QED) is 0.110. The van der Waals surface area contributed by atoms with Crippen molar-refractivity contribution in [3.63, 3.8) is 0 Å². The van der Waals surface area contributed by atoms with Crippen molar-refractivity contribution in [2.24, 2.45) is 52.3 Å². The Morgan fingerprint density at radius 1 is 0.957 bits per heavy atom. The molecular weight excluding hydrogens is 626 g/mol. The first-order chi connectivity index (χ1) is 20.7. The maximum absolute atomic E-state index is 13.8. The number of aliphatic hydroxyl groups is 2. The van der Waals surface area contributed by atoms with Gasteiger partial charge in [0.15, 0.2) is 0 Å². The van der Waals surface area contributed by atoms with Gasteiger partial charge in [0, 0.05) is 5.41 Å². The van der Waals surface area contributed by atoms with Crippen LogP contribution < -0.4 is 0 Å². The Balaban J connectivity index is 2.00. The van der Waals surface area contributed by atoms with E-state index in [0.29, 0.717) is 0 Å². The van der Waals surface area contributed by atoms with E-state index in [2.05, 4.69) is 6.58 Å². The molecule has 46 heavy (non-hydrogen) atoms. The van der Waals surface area contributed by atoms with Gasteiger partial charge in [-0.2, -0.15) is 26.3 Å². The number of ether oxygens (including phenoxy) is 3. The molecule has 0 aromatic rings. The van der Waals surface area contributed by atoms with E-state index < -0.39 is 88.3 Å². The fourth-order valence-corrected chi connectivity index (χ4v) is 8.15. The zero-order chi connectivity index (χ0) is 35.4. The molecule has 0 aromatic carbocycles. The Morgan fingerprint density at radius 3 is 2.00 bits per heavy atom. The lowest BCUT2D eigenvalue weighted by atomic mass is 9.61. The van der Waals surface area contributed by atoms with Crippen LogP contribution in [0.2, 0.25) is 0 Å². The van der Waals surface area contributed by atoms with Crippen LogP contribution in [0.25, 0.3) is 0 Å². The summed E-state index contributed by atoms with van der Waals surface area (Å²) in [7, 11) is 0. The van der Waals surface area contributed by atoms with Gasteiger partial charge in [-0.05, 0) is 89.4 Å². The third-order valence-corrected chi connectivity index (χ3v) is 10.3. The fourth-order valence-electron chi connectivity index (χ4n) is 8.15. The highest BCUT2D eigenvalue weighted by Crippen LogP contribution is 2.63. The van der Waals surface area contributed by atoms with Crippen molar-refractivity contribution in [1.29, 1.82) is 0 Å². The van der Waals surface area contributed by atoms with E-state index in [9.17, 15) is 50.9 Å². The molecule has 8 unspecified atom stereocenters. The molecule has 1 heterocycles. The molecule has 8 atom stereocenters. The number of carbonyl (C=O) groups excluding carboxylic acids is 3. The molecule has 0 spiro atoms. The van der Waals surface area contributed by atoms with Gasteiger partial charge in [-0.1, -0.05) is 27.4 Å². The van der Waals surface area contributed by atoms with Crippen LogP contribution in [0.4, 0.5) is 26.3 Å². The van der Waals surface area contributed by atoms with Crippen molar-refractivity contribution < 1.29 is 65.1 Å². The van der Waals surface area contributed by atoms with Crippen LogP contribution in [-0.4, -0.2) is 64.9 Å². The van der Waals surface area contributed by atoms with Gasteiger partial charge in [-0.25, -0.2) is 0 Å². The number of halogens is 6. The first-order valence-corrected chi connectivity index (χ1v) is 15.5. The average molecular weight is 673 g/mol. The lowest BCUT2D eigenvalue weighted by Gasteiger charge is -2.43. The first-order valence-electron chi connectivity index (χ1n) is 15.5. The van der Waals surface area contributed by atoms with Crippen LogP contribution in [0.1, 0.15) is 80.6 Å². The maximum Gasteiger partial charge on any atom is 0.426 e. The zero-order valence-electron chi connectivity index (χ0n) is 27.3. The van der Waals surface area contributed by atoms with E-state index in [1.807, 2.05) is 0 Å². The van der Waals surface area contributed by atoms with Crippen molar-refractivity contribution in [1.82, 2.24) is 0 Å². The van der Waals surface area contributed by atoms with Gasteiger partial charge in [-0.15, -0.1) is 0 Å². The Bertz CT molecular complexity index is 1170. The minimum absolute atomic E-state index is 0.00294. The molecule has 0 aromatic heterocycles. The average Bonchev–Trinajstić information content (AvgIpc) is 3.50. The number of cyclic esters (lactones) is 2. The molecule has 2 aliphatic carbocycles. The topological polar surface area (TPSA) is 119 Å². The van der Waals surface area contributed by atoms with Crippen molar-refractivity contribution >= 4 is 17.9 Å². The standard InChI is InChI=1S/C32H46F6O8/c1-16-18-11-19(13-30(43,31(33,34)35)32(36,37)38)20(12-18)22(16)23-21(24(40)45-25(23)41)14-29(8,26(42)46-27(3,4)5)15-28(6,7)17(2)44-10-9-39/h16,18-23,39,43H,2,9-15H2,1,3-8H3. The number of aliphatic hydroxyl groups excluding tert-OH is 1. The number of fused-ring (bicyclic) bond motifs is 2. The second-order valence-corrected chi connectivity index (χ2v) is 15.3. The van der Waals surface area contributed by atoms with Gasteiger partial charge in [0.1, 0.15) is 12.2 Å². The molecule has 8 nitrogen and oxygen atoms in total. The third-order valence-electron chi connectivity index (χ3n) is 10.3. The number of esters is 3. The fraction of sp³-hybridized carbons (Fsp3) is 0.844. The van der Waals surface area contributed by atoms with Crippen LogP contribution in [0.3, 0.4) is 0 Å². The van der Waals surface area contributed by atoms with Crippen LogP contribution in [0, 0.1) is 52.3 Å². The Labute approximate surface area is 265 Å². The second kappa shape index (κ2) is 12.6. The van der Waals surface area contributed by atoms with Gasteiger partial charge in [0.2, 0.25) is 0 Å². The SMILES string of the molecule is C=C(OCCO)C(C)(C)CC(C)(CC1C(=O)OC(=O)C1C1C(C)C2CC(CC(O)(C(F)(F)F)C(F)(F)F)C1C2)C(=O)OC(C)(C)C. The molecule has 3 rings (SSSR count). The van der Waals surface area contributed by atoms with E-state index in [1.165, 1.54) is 0 Å². The maximum atomic E-state index is 13.8. The van der Waals surface area contributed by atoms with Gasteiger partial charge >= 0.3 is 30.3 Å². The molecule has 0 amide bonds. The van der Waals surface area contributed by atoms with Gasteiger partial charge < -0.3 is 24.4 Å². The van der Waals surface area contributed by atoms with Crippen LogP contribution in [0.5, 0.6) is 0 Å². The zero-order valence-corrected chi connectivity index (χ0v) is 27.3. The van der Waals surface area contributed by atoms with Crippen LogP contribution in [0.15, 0.2) is 12.3 Å². The normalized spacial score (nSPS) is 30.3. The van der Waals surface area contributed by atoms with Crippen molar-refractivity contribution in [3.8, 4) is 0 Å². The minimum atomic E-state index is -5.98. The summed E-state index contributed by atoms with van der Waals surface area (Å²) >= 11 is 0. The number of hydrogen-bond acceptors (Lipinski definition) is 8. The van der Waals surface area contributed by atoms with Gasteiger partial charge in [-0.3, -0.25) is 14.4 Å². The van der Waals surface area contributed by atoms with E-state index in [0.717, 1.165) is 0 Å². The Kier molecular flexibility index (Phi) is 10.4. The number of carbonyl (C=O) groups is 3. The van der Waals surface area contributed by atoms with Crippen molar-refractivity contribution in [2.75, 3.05) is 13.2 Å². The van der Waals surface area contributed by atoms with E-state index >= 15 is 0 Å². The number of rotatable bonds is 12. The van der Waals surface area contributed by atoms with E-state index in [4.69, 9.17) is 14.2 Å². The predicted octanol–water partition coefficient (Wildman–Crippen LogP) is 6.13. The summed E-state index contributed by atoms with van der Waals surface area (Å²) in [5.74, 6) is -8.40.